The number of H-pyrrole nitrogens is 1. The summed E-state index contributed by atoms with van der Waals surface area (Å²) in [6.45, 7) is 0. The van der Waals surface area contributed by atoms with Gasteiger partial charge in [-0.05, 0) is 12.1 Å². The first-order valence-corrected chi connectivity index (χ1v) is 8.84. The van der Waals surface area contributed by atoms with E-state index < -0.39 is 0 Å². The SMILES string of the molecule is O=C(CSc1nnc(CCc2nc3ccccc3[nH]2)o1)Nc1ccon1. The van der Waals surface area contributed by atoms with Crippen molar-refractivity contribution in [3.8, 4) is 0 Å². The van der Waals surface area contributed by atoms with Gasteiger partial charge in [-0.2, -0.15) is 0 Å². The van der Waals surface area contributed by atoms with Crippen LogP contribution in [0.5, 0.6) is 0 Å². The van der Waals surface area contributed by atoms with Crippen LogP contribution in [0.3, 0.4) is 0 Å². The van der Waals surface area contributed by atoms with Crippen LogP contribution in [-0.2, 0) is 17.6 Å². The Morgan fingerprint density at radius 2 is 2.12 bits per heavy atom. The first kappa shape index (κ1) is 16.3. The molecule has 0 aliphatic carbocycles. The van der Waals surface area contributed by atoms with Crippen LogP contribution in [0.2, 0.25) is 0 Å². The van der Waals surface area contributed by atoms with Crippen molar-refractivity contribution < 1.29 is 13.7 Å². The van der Waals surface area contributed by atoms with Gasteiger partial charge >= 0.3 is 0 Å². The summed E-state index contributed by atoms with van der Waals surface area (Å²) in [5.74, 6) is 1.65. The van der Waals surface area contributed by atoms with E-state index in [-0.39, 0.29) is 11.7 Å². The fourth-order valence-electron chi connectivity index (χ4n) is 2.33. The third-order valence-electron chi connectivity index (χ3n) is 3.49. The lowest BCUT2D eigenvalue weighted by Crippen LogP contribution is -2.14. The number of thioether (sulfide) groups is 1. The number of anilines is 1. The summed E-state index contributed by atoms with van der Waals surface area (Å²) in [4.78, 5) is 19.5. The van der Waals surface area contributed by atoms with Crippen LogP contribution < -0.4 is 5.32 Å². The van der Waals surface area contributed by atoms with Crippen LogP contribution in [0.4, 0.5) is 5.82 Å². The summed E-state index contributed by atoms with van der Waals surface area (Å²) >= 11 is 1.16. The van der Waals surface area contributed by atoms with Gasteiger partial charge in [0.25, 0.3) is 5.22 Å². The first-order valence-electron chi connectivity index (χ1n) is 7.85. The maximum Gasteiger partial charge on any atom is 0.277 e. The number of hydrogen-bond donors (Lipinski definition) is 2. The molecular formula is C16H14N6O3S. The lowest BCUT2D eigenvalue weighted by Gasteiger charge is -1.98. The van der Waals surface area contributed by atoms with Gasteiger partial charge in [0, 0.05) is 18.9 Å². The minimum atomic E-state index is -0.231. The maximum atomic E-state index is 11.8. The molecule has 0 saturated heterocycles. The number of benzene rings is 1. The molecule has 3 aromatic heterocycles. The Morgan fingerprint density at radius 3 is 2.96 bits per heavy atom. The highest BCUT2D eigenvalue weighted by Gasteiger charge is 2.11. The highest BCUT2D eigenvalue weighted by molar-refractivity contribution is 7.99. The lowest BCUT2D eigenvalue weighted by atomic mass is 10.3. The third kappa shape index (κ3) is 3.91. The molecule has 0 radical (unpaired) electrons. The number of aromatic nitrogens is 5. The topological polar surface area (TPSA) is 123 Å². The molecule has 9 nitrogen and oxygen atoms in total. The molecule has 26 heavy (non-hydrogen) atoms. The van der Waals surface area contributed by atoms with Crippen molar-refractivity contribution in [3.63, 3.8) is 0 Å². The van der Waals surface area contributed by atoms with E-state index in [1.54, 1.807) is 6.07 Å². The Bertz CT molecular complexity index is 977. The summed E-state index contributed by atoms with van der Waals surface area (Å²) in [6.07, 6.45) is 2.61. The molecule has 0 saturated carbocycles. The Labute approximate surface area is 151 Å². The molecular weight excluding hydrogens is 356 g/mol. The number of amides is 1. The molecule has 0 unspecified atom stereocenters. The Balaban J connectivity index is 1.28. The second-order valence-electron chi connectivity index (χ2n) is 5.38. The molecule has 0 spiro atoms. The van der Waals surface area contributed by atoms with Gasteiger partial charge in [-0.25, -0.2) is 4.98 Å². The quantitative estimate of drug-likeness (QED) is 0.476. The van der Waals surface area contributed by atoms with Crippen LogP contribution in [0.25, 0.3) is 11.0 Å². The smallest absolute Gasteiger partial charge is 0.277 e. The molecule has 3 heterocycles. The Hall–Kier alpha value is -3.14. The van der Waals surface area contributed by atoms with Gasteiger partial charge in [-0.15, -0.1) is 10.2 Å². The van der Waals surface area contributed by atoms with Crippen LogP contribution >= 0.6 is 11.8 Å². The summed E-state index contributed by atoms with van der Waals surface area (Å²) < 4.78 is 10.2. The molecule has 0 bridgehead atoms. The van der Waals surface area contributed by atoms with E-state index in [0.29, 0.717) is 29.8 Å². The average molecular weight is 370 g/mol. The van der Waals surface area contributed by atoms with Crippen molar-refractivity contribution in [1.29, 1.82) is 0 Å². The predicted octanol–water partition coefficient (Wildman–Crippen LogP) is 2.45. The molecule has 0 aliphatic rings. The van der Waals surface area contributed by atoms with Crippen molar-refractivity contribution in [2.24, 2.45) is 0 Å². The van der Waals surface area contributed by atoms with Crippen molar-refractivity contribution in [1.82, 2.24) is 25.3 Å². The van der Waals surface area contributed by atoms with Gasteiger partial charge in [0.05, 0.1) is 16.8 Å². The standard InChI is InChI=1S/C16H14N6O3S/c23-14(19-13-7-8-24-22-13)9-26-16-21-20-15(25-16)6-5-12-17-10-3-1-2-4-11(10)18-12/h1-4,7-8H,5-6,9H2,(H,17,18)(H,19,22,23). The van der Waals surface area contributed by atoms with E-state index in [1.165, 1.54) is 6.26 Å². The molecule has 0 atom stereocenters. The molecule has 1 aromatic carbocycles. The fraction of sp³-hybridized carbons (Fsp3) is 0.188. The molecule has 4 rings (SSSR count). The van der Waals surface area contributed by atoms with Gasteiger partial charge in [0.2, 0.25) is 11.8 Å². The van der Waals surface area contributed by atoms with Crippen molar-refractivity contribution >= 4 is 34.5 Å². The largest absolute Gasteiger partial charge is 0.416 e. The molecule has 10 heteroatoms. The van der Waals surface area contributed by atoms with E-state index in [9.17, 15) is 4.79 Å². The predicted molar refractivity (Wildman–Crippen MR) is 93.7 cm³/mol. The molecule has 132 valence electrons. The van der Waals surface area contributed by atoms with Crippen molar-refractivity contribution in [2.45, 2.75) is 18.1 Å². The highest BCUT2D eigenvalue weighted by Crippen LogP contribution is 2.18. The number of hydrogen-bond acceptors (Lipinski definition) is 8. The number of nitrogens with one attached hydrogen (secondary N) is 2. The zero-order chi connectivity index (χ0) is 17.8. The van der Waals surface area contributed by atoms with Gasteiger partial charge in [0.15, 0.2) is 5.82 Å². The normalized spacial score (nSPS) is 11.1. The summed E-state index contributed by atoms with van der Waals surface area (Å²) in [5, 5.41) is 14.5. The highest BCUT2D eigenvalue weighted by atomic mass is 32.2. The monoisotopic (exact) mass is 370 g/mol. The van der Waals surface area contributed by atoms with E-state index in [2.05, 4.69) is 35.2 Å². The van der Waals surface area contributed by atoms with E-state index >= 15 is 0 Å². The zero-order valence-electron chi connectivity index (χ0n) is 13.5. The second-order valence-corrected chi connectivity index (χ2v) is 6.31. The Kier molecular flexibility index (Phi) is 4.65. The molecule has 1 amide bonds. The van der Waals surface area contributed by atoms with Crippen molar-refractivity contribution in [3.05, 3.63) is 48.3 Å². The number of para-hydroxylation sites is 2. The number of imidazole rings is 1. The Morgan fingerprint density at radius 1 is 1.19 bits per heavy atom. The van der Waals surface area contributed by atoms with Crippen LogP contribution in [0.1, 0.15) is 11.7 Å². The van der Waals surface area contributed by atoms with Crippen LogP contribution in [-0.4, -0.2) is 37.0 Å². The molecule has 0 fully saturated rings. The summed E-state index contributed by atoms with van der Waals surface area (Å²) in [5.41, 5.74) is 1.93. The number of nitrogens with zero attached hydrogens (tertiary/aromatic N) is 4. The maximum absolute atomic E-state index is 11.8. The van der Waals surface area contributed by atoms with Gasteiger partial charge in [0.1, 0.15) is 12.1 Å². The van der Waals surface area contributed by atoms with E-state index in [4.69, 9.17) is 4.42 Å². The number of carbonyl (C=O) groups is 1. The summed E-state index contributed by atoms with van der Waals surface area (Å²) in [6, 6.07) is 9.42. The van der Waals surface area contributed by atoms with Crippen LogP contribution in [0.15, 0.2) is 50.8 Å². The minimum absolute atomic E-state index is 0.137. The van der Waals surface area contributed by atoms with Gasteiger partial charge in [-0.1, -0.05) is 29.1 Å². The summed E-state index contributed by atoms with van der Waals surface area (Å²) in [7, 11) is 0. The average Bonchev–Trinajstić information content (AvgIpc) is 3.38. The first-order chi connectivity index (χ1) is 12.8. The van der Waals surface area contributed by atoms with E-state index in [0.717, 1.165) is 28.6 Å². The van der Waals surface area contributed by atoms with Gasteiger partial charge in [-0.3, -0.25) is 4.79 Å². The minimum Gasteiger partial charge on any atom is -0.416 e. The lowest BCUT2D eigenvalue weighted by molar-refractivity contribution is -0.113. The van der Waals surface area contributed by atoms with Crippen LogP contribution in [0, 0.1) is 0 Å². The number of carbonyl (C=O) groups excluding carboxylic acids is 1. The second kappa shape index (κ2) is 7.40. The van der Waals surface area contributed by atoms with Crippen molar-refractivity contribution in [2.75, 3.05) is 11.1 Å². The number of aromatic amines is 1. The fourth-order valence-corrected chi connectivity index (χ4v) is 2.91. The number of fused-ring (bicyclic) bond motifs is 1. The molecule has 0 aliphatic heterocycles. The number of rotatable bonds is 7. The third-order valence-corrected chi connectivity index (χ3v) is 4.31. The molecule has 2 N–H and O–H groups in total. The zero-order valence-corrected chi connectivity index (χ0v) is 14.3. The number of aryl methyl sites for hydroxylation is 2. The van der Waals surface area contributed by atoms with E-state index in [1.807, 2.05) is 24.3 Å². The van der Waals surface area contributed by atoms with Gasteiger partial charge < -0.3 is 19.2 Å². The molecule has 4 aromatic rings.